The van der Waals surface area contributed by atoms with Crippen molar-refractivity contribution in [2.24, 2.45) is 0 Å². The molecule has 2 aliphatic rings. The highest BCUT2D eigenvalue weighted by atomic mass is 16.2. The maximum absolute atomic E-state index is 13.3. The van der Waals surface area contributed by atoms with Crippen LogP contribution in [0.1, 0.15) is 40.4 Å². The third-order valence-electron chi connectivity index (χ3n) is 5.13. The van der Waals surface area contributed by atoms with Crippen molar-refractivity contribution in [3.8, 4) is 5.69 Å². The maximum Gasteiger partial charge on any atom is 0.261 e. The van der Waals surface area contributed by atoms with Crippen molar-refractivity contribution < 1.29 is 4.79 Å². The Morgan fingerprint density at radius 2 is 1.76 bits per heavy atom. The van der Waals surface area contributed by atoms with E-state index in [-0.39, 0.29) is 5.91 Å². The molecular formula is C21H19N3O. The van der Waals surface area contributed by atoms with Crippen LogP contribution >= 0.6 is 0 Å². The summed E-state index contributed by atoms with van der Waals surface area (Å²) in [6.45, 7) is 0.749. The molecule has 1 amide bonds. The van der Waals surface area contributed by atoms with Gasteiger partial charge in [0.25, 0.3) is 5.91 Å². The molecule has 4 nitrogen and oxygen atoms in total. The molecule has 3 aromatic rings. The van der Waals surface area contributed by atoms with Crippen molar-refractivity contribution >= 4 is 11.6 Å². The topological polar surface area (TPSA) is 38.1 Å². The minimum absolute atomic E-state index is 0.0778. The van der Waals surface area contributed by atoms with Crippen molar-refractivity contribution in [2.75, 3.05) is 11.4 Å². The zero-order valence-electron chi connectivity index (χ0n) is 13.9. The number of hydrogen-bond donors (Lipinski definition) is 0. The van der Waals surface area contributed by atoms with Gasteiger partial charge >= 0.3 is 0 Å². The first-order valence-corrected chi connectivity index (χ1v) is 8.86. The summed E-state index contributed by atoms with van der Waals surface area (Å²) in [5, 5.41) is 4.57. The van der Waals surface area contributed by atoms with Crippen LogP contribution in [0.5, 0.6) is 0 Å². The smallest absolute Gasteiger partial charge is 0.261 e. The van der Waals surface area contributed by atoms with Gasteiger partial charge in [-0.15, -0.1) is 0 Å². The molecule has 0 spiro atoms. The van der Waals surface area contributed by atoms with Crippen LogP contribution in [0.4, 0.5) is 5.69 Å². The quantitative estimate of drug-likeness (QED) is 0.730. The molecule has 2 heterocycles. The minimum Gasteiger partial charge on any atom is -0.308 e. The van der Waals surface area contributed by atoms with E-state index in [2.05, 4.69) is 11.2 Å². The molecule has 1 aliphatic carbocycles. The van der Waals surface area contributed by atoms with E-state index in [9.17, 15) is 4.79 Å². The standard InChI is InChI=1S/C21H19N3O/c25-21(23-13-12-15-6-4-5-9-19(15)23)18-14-22-24(20(18)16-10-11-16)17-7-2-1-3-8-17/h1-9,14,16H,10-13H2. The number of hydrogen-bond acceptors (Lipinski definition) is 2. The van der Waals surface area contributed by atoms with E-state index >= 15 is 0 Å². The molecule has 2 aromatic carbocycles. The molecule has 5 rings (SSSR count). The molecule has 0 saturated heterocycles. The van der Waals surface area contributed by atoms with Gasteiger partial charge < -0.3 is 4.90 Å². The first-order chi connectivity index (χ1) is 12.3. The fourth-order valence-electron chi connectivity index (χ4n) is 3.74. The number of fused-ring (bicyclic) bond motifs is 1. The first kappa shape index (κ1) is 14.5. The highest BCUT2D eigenvalue weighted by molar-refractivity contribution is 6.08. The third-order valence-corrected chi connectivity index (χ3v) is 5.13. The molecule has 0 radical (unpaired) electrons. The van der Waals surface area contributed by atoms with Gasteiger partial charge in [0.05, 0.1) is 23.1 Å². The van der Waals surface area contributed by atoms with Crippen LogP contribution in [-0.2, 0) is 6.42 Å². The predicted molar refractivity (Wildman–Crippen MR) is 97.4 cm³/mol. The number of rotatable bonds is 3. The van der Waals surface area contributed by atoms with Gasteiger partial charge in [-0.25, -0.2) is 4.68 Å². The Morgan fingerprint density at radius 1 is 1.00 bits per heavy atom. The molecule has 0 bridgehead atoms. The Hall–Kier alpha value is -2.88. The summed E-state index contributed by atoms with van der Waals surface area (Å²) < 4.78 is 1.95. The second-order valence-electron chi connectivity index (χ2n) is 6.80. The van der Waals surface area contributed by atoms with Crippen LogP contribution in [-0.4, -0.2) is 22.2 Å². The molecule has 0 N–H and O–H groups in total. The Morgan fingerprint density at radius 3 is 2.56 bits per heavy atom. The molecule has 25 heavy (non-hydrogen) atoms. The SMILES string of the molecule is O=C(c1cnn(-c2ccccc2)c1C1CC1)N1CCc2ccccc21. The zero-order chi connectivity index (χ0) is 16.8. The molecule has 124 valence electrons. The lowest BCUT2D eigenvalue weighted by molar-refractivity contribution is 0.0988. The van der Waals surface area contributed by atoms with E-state index in [0.29, 0.717) is 5.92 Å². The lowest BCUT2D eigenvalue weighted by Gasteiger charge is -2.18. The van der Waals surface area contributed by atoms with E-state index < -0.39 is 0 Å². The summed E-state index contributed by atoms with van der Waals surface area (Å²) >= 11 is 0. The molecule has 4 heteroatoms. The van der Waals surface area contributed by atoms with Crippen molar-refractivity contribution in [3.05, 3.63) is 77.6 Å². The maximum atomic E-state index is 13.3. The normalized spacial score (nSPS) is 16.1. The second-order valence-corrected chi connectivity index (χ2v) is 6.80. The number of carbonyl (C=O) groups is 1. The molecule has 1 saturated carbocycles. The summed E-state index contributed by atoms with van der Waals surface area (Å²) in [5.74, 6) is 0.522. The Labute approximate surface area is 146 Å². The zero-order valence-corrected chi connectivity index (χ0v) is 13.9. The summed E-state index contributed by atoms with van der Waals surface area (Å²) in [7, 11) is 0. The molecule has 1 fully saturated rings. The van der Waals surface area contributed by atoms with Crippen LogP contribution in [0.3, 0.4) is 0 Å². The lowest BCUT2D eigenvalue weighted by Crippen LogP contribution is -2.29. The largest absolute Gasteiger partial charge is 0.308 e. The number of nitrogens with zero attached hydrogens (tertiary/aromatic N) is 3. The van der Waals surface area contributed by atoms with Gasteiger partial charge in [-0.3, -0.25) is 4.79 Å². The van der Waals surface area contributed by atoms with Crippen LogP contribution in [0, 0.1) is 0 Å². The molecule has 0 unspecified atom stereocenters. The van der Waals surface area contributed by atoms with Crippen LogP contribution < -0.4 is 4.90 Å². The number of aromatic nitrogens is 2. The van der Waals surface area contributed by atoms with E-state index in [1.54, 1.807) is 6.20 Å². The number of amides is 1. The van der Waals surface area contributed by atoms with E-state index in [1.165, 1.54) is 5.56 Å². The second kappa shape index (κ2) is 5.59. The first-order valence-electron chi connectivity index (χ1n) is 8.86. The minimum atomic E-state index is 0.0778. The molecule has 1 aliphatic heterocycles. The van der Waals surface area contributed by atoms with Gasteiger partial charge in [-0.1, -0.05) is 36.4 Å². The van der Waals surface area contributed by atoms with Crippen molar-refractivity contribution in [1.82, 2.24) is 9.78 Å². The van der Waals surface area contributed by atoms with E-state index in [1.807, 2.05) is 58.1 Å². The van der Waals surface area contributed by atoms with Crippen molar-refractivity contribution in [2.45, 2.75) is 25.2 Å². The van der Waals surface area contributed by atoms with Gasteiger partial charge in [0.15, 0.2) is 0 Å². The summed E-state index contributed by atoms with van der Waals surface area (Å²) in [6, 6.07) is 18.3. The summed E-state index contributed by atoms with van der Waals surface area (Å²) in [6.07, 6.45) is 4.95. The Balaban J connectivity index is 1.57. The van der Waals surface area contributed by atoms with Crippen molar-refractivity contribution in [3.63, 3.8) is 0 Å². The van der Waals surface area contributed by atoms with Gasteiger partial charge in [0.1, 0.15) is 0 Å². The Bertz CT molecular complexity index is 941. The summed E-state index contributed by atoms with van der Waals surface area (Å²) in [5.41, 5.74) is 5.13. The van der Waals surface area contributed by atoms with E-state index in [0.717, 1.165) is 48.4 Å². The van der Waals surface area contributed by atoms with Crippen molar-refractivity contribution in [1.29, 1.82) is 0 Å². The Kier molecular flexibility index (Phi) is 3.23. The van der Waals surface area contributed by atoms with Gasteiger partial charge in [0.2, 0.25) is 0 Å². The van der Waals surface area contributed by atoms with E-state index in [4.69, 9.17) is 0 Å². The highest BCUT2D eigenvalue weighted by Gasteiger charge is 2.35. The molecule has 1 aromatic heterocycles. The van der Waals surface area contributed by atoms with Crippen LogP contribution in [0.2, 0.25) is 0 Å². The molecule has 0 atom stereocenters. The monoisotopic (exact) mass is 329 g/mol. The number of carbonyl (C=O) groups excluding carboxylic acids is 1. The van der Waals surface area contributed by atoms with Crippen LogP contribution in [0.15, 0.2) is 60.8 Å². The predicted octanol–water partition coefficient (Wildman–Crippen LogP) is 3.95. The highest BCUT2D eigenvalue weighted by Crippen LogP contribution is 2.43. The lowest BCUT2D eigenvalue weighted by atomic mass is 10.1. The van der Waals surface area contributed by atoms with Gasteiger partial charge in [-0.2, -0.15) is 5.10 Å². The van der Waals surface area contributed by atoms with Crippen LogP contribution in [0.25, 0.3) is 5.69 Å². The fourth-order valence-corrected chi connectivity index (χ4v) is 3.74. The number of para-hydroxylation sites is 2. The average Bonchev–Trinajstić information content (AvgIpc) is 3.26. The fraction of sp³-hybridized carbons (Fsp3) is 0.238. The van der Waals surface area contributed by atoms with Gasteiger partial charge in [0, 0.05) is 18.2 Å². The number of benzene rings is 2. The summed E-state index contributed by atoms with van der Waals surface area (Å²) in [4.78, 5) is 15.2. The molecular weight excluding hydrogens is 310 g/mol. The third kappa shape index (κ3) is 2.37. The van der Waals surface area contributed by atoms with Gasteiger partial charge in [-0.05, 0) is 43.0 Å². The number of anilines is 1. The average molecular weight is 329 g/mol.